The summed E-state index contributed by atoms with van der Waals surface area (Å²) in [6, 6.07) is 11.4. The number of nitrogens with zero attached hydrogens (tertiary/aromatic N) is 12. The van der Waals surface area contributed by atoms with E-state index < -0.39 is 5.97 Å². The number of aromatic nitrogens is 8. The summed E-state index contributed by atoms with van der Waals surface area (Å²) < 4.78 is 4.13. The van der Waals surface area contributed by atoms with Gasteiger partial charge in [0.1, 0.15) is 34.3 Å². The number of carboxylic acid groups (broad SMARTS) is 1. The van der Waals surface area contributed by atoms with Crippen molar-refractivity contribution in [1.82, 2.24) is 58.6 Å². The Hall–Kier alpha value is -7.02. The van der Waals surface area contributed by atoms with Crippen LogP contribution >= 0.6 is 0 Å². The highest BCUT2D eigenvalue weighted by Crippen LogP contribution is 2.36. The maximum Gasteiger partial charge on any atom is 0.337 e. The third-order valence-corrected chi connectivity index (χ3v) is 13.2. The van der Waals surface area contributed by atoms with Crippen molar-refractivity contribution < 1.29 is 24.3 Å². The van der Waals surface area contributed by atoms with Gasteiger partial charge in [0.2, 0.25) is 11.9 Å². The molecule has 6 aromatic rings. The Morgan fingerprint density at radius 2 is 1.08 bits per heavy atom. The molecular weight excluding hydrogens is 841 g/mol. The fourth-order valence-electron chi connectivity index (χ4n) is 9.76. The maximum absolute atomic E-state index is 13.1. The number of carbonyl (C=O) groups is 4. The second-order valence-electron chi connectivity index (χ2n) is 18.0. The summed E-state index contributed by atoms with van der Waals surface area (Å²) in [5.74, 6) is 0.681. The molecule has 3 N–H and O–H groups in total. The third kappa shape index (κ3) is 9.11. The van der Waals surface area contributed by atoms with Gasteiger partial charge in [0.15, 0.2) is 0 Å². The van der Waals surface area contributed by atoms with E-state index in [1.54, 1.807) is 68.7 Å². The normalized spacial score (nSPS) is 17.7. The molecule has 4 aliphatic rings. The SMILES string of the molecule is CN(C)C(=O)c1cc2cnc(Nc3ccc(C(=O)N4CCN5CCCC5C4)cn3)nc2n1C1CCCC1.CN(C)C(=O)c1cc2cnc(Nc3ccc(C(=O)O)cn3)nc2n1C1CCCC1. The number of carboxylic acids is 1. The number of nitrogens with one attached hydrogen (secondary N) is 2. The summed E-state index contributed by atoms with van der Waals surface area (Å²) >= 11 is 0. The summed E-state index contributed by atoms with van der Waals surface area (Å²) in [6.07, 6.45) is 17.4. The Labute approximate surface area is 382 Å². The number of rotatable bonds is 10. The minimum atomic E-state index is -1.03. The minimum Gasteiger partial charge on any atom is -0.478 e. The van der Waals surface area contributed by atoms with Gasteiger partial charge >= 0.3 is 5.97 Å². The van der Waals surface area contributed by atoms with Crippen molar-refractivity contribution in [2.75, 3.05) is 65.0 Å². The van der Waals surface area contributed by atoms with E-state index in [0.717, 1.165) is 94.0 Å². The lowest BCUT2D eigenvalue weighted by Crippen LogP contribution is -2.52. The number of piperazine rings is 1. The van der Waals surface area contributed by atoms with Crippen LogP contribution in [0.4, 0.5) is 23.5 Å². The standard InChI is InChI=1S/C27H34N8O2.C20H22N6O3/c1-32(2)26(37)22-14-19-16-29-27(31-24(19)35(22)20-6-3-4-7-20)30-23-10-9-18(15-28-23)25(36)34-13-12-33-11-5-8-21(33)17-34;1-25(2)18(27)15-9-13-11-22-20(23-16-8-7-12(10-21-16)19(28)29)24-17(13)26(15)14-5-3-4-6-14/h9-10,14-16,20-21H,3-8,11-13,17H2,1-2H3,(H,28,29,30,31);7-11,14H,3-6H2,1-2H3,(H,28,29)(H,21,22,23,24). The Balaban J connectivity index is 0.000000171. The Kier molecular flexibility index (Phi) is 12.6. The molecule has 2 aliphatic carbocycles. The summed E-state index contributed by atoms with van der Waals surface area (Å²) in [4.78, 5) is 84.1. The van der Waals surface area contributed by atoms with E-state index in [-0.39, 0.29) is 35.4 Å². The molecule has 8 heterocycles. The quantitative estimate of drug-likeness (QED) is 0.136. The molecule has 2 saturated carbocycles. The van der Waals surface area contributed by atoms with Crippen LogP contribution < -0.4 is 10.6 Å². The van der Waals surface area contributed by atoms with Gasteiger partial charge in [0, 0.05) is 102 Å². The summed E-state index contributed by atoms with van der Waals surface area (Å²) in [5, 5.41) is 16.8. The predicted octanol–water partition coefficient (Wildman–Crippen LogP) is 6.39. The molecule has 0 spiro atoms. The molecule has 1 atom stereocenters. The van der Waals surface area contributed by atoms with Crippen LogP contribution in [0.15, 0.2) is 61.2 Å². The number of carbonyl (C=O) groups excluding carboxylic acids is 3. The molecule has 0 radical (unpaired) electrons. The van der Waals surface area contributed by atoms with E-state index in [0.29, 0.717) is 52.2 Å². The first-order valence-electron chi connectivity index (χ1n) is 22.8. The fraction of sp³-hybridized carbons (Fsp3) is 0.447. The van der Waals surface area contributed by atoms with Crippen molar-refractivity contribution in [3.63, 3.8) is 0 Å². The van der Waals surface area contributed by atoms with Crippen LogP contribution in [0.1, 0.15) is 118 Å². The zero-order chi connectivity index (χ0) is 46.1. The number of fused-ring (bicyclic) bond motifs is 3. The molecule has 0 aromatic carbocycles. The largest absolute Gasteiger partial charge is 0.478 e. The van der Waals surface area contributed by atoms with Crippen molar-refractivity contribution in [3.05, 3.63) is 83.7 Å². The second kappa shape index (κ2) is 18.8. The first kappa shape index (κ1) is 44.2. The first-order chi connectivity index (χ1) is 31.9. The van der Waals surface area contributed by atoms with E-state index >= 15 is 0 Å². The van der Waals surface area contributed by atoms with Crippen molar-refractivity contribution in [1.29, 1.82) is 0 Å². The van der Waals surface area contributed by atoms with Crippen molar-refractivity contribution in [3.8, 4) is 0 Å². The summed E-state index contributed by atoms with van der Waals surface area (Å²) in [6.45, 7) is 3.67. The Morgan fingerprint density at radius 1 is 0.591 bits per heavy atom. The topological polar surface area (TPSA) is 213 Å². The molecule has 6 aromatic heterocycles. The smallest absolute Gasteiger partial charge is 0.337 e. The van der Waals surface area contributed by atoms with Crippen LogP contribution in [0, 0.1) is 0 Å². The van der Waals surface area contributed by atoms with Gasteiger partial charge in [-0.25, -0.2) is 24.7 Å². The van der Waals surface area contributed by atoms with Crippen LogP contribution in [0.3, 0.4) is 0 Å². The number of amides is 3. The van der Waals surface area contributed by atoms with E-state index in [2.05, 4.69) is 45.0 Å². The third-order valence-electron chi connectivity index (χ3n) is 13.2. The van der Waals surface area contributed by atoms with Gasteiger partial charge in [-0.15, -0.1) is 0 Å². The fourth-order valence-corrected chi connectivity index (χ4v) is 9.76. The monoisotopic (exact) mass is 896 g/mol. The Bertz CT molecular complexity index is 2760. The lowest BCUT2D eigenvalue weighted by atomic mass is 10.1. The van der Waals surface area contributed by atoms with Gasteiger partial charge in [-0.05, 0) is 81.5 Å². The molecule has 344 valence electrons. The highest BCUT2D eigenvalue weighted by molar-refractivity contribution is 5.99. The minimum absolute atomic E-state index is 0.0318. The number of aromatic carboxylic acids is 1. The first-order valence-corrected chi connectivity index (χ1v) is 22.8. The van der Waals surface area contributed by atoms with Gasteiger partial charge < -0.3 is 39.6 Å². The maximum atomic E-state index is 13.1. The van der Waals surface area contributed by atoms with Gasteiger partial charge in [-0.1, -0.05) is 25.7 Å². The van der Waals surface area contributed by atoms with Crippen LogP contribution in [0.5, 0.6) is 0 Å². The van der Waals surface area contributed by atoms with Gasteiger partial charge in [-0.2, -0.15) is 9.97 Å². The van der Waals surface area contributed by atoms with Crippen LogP contribution in [-0.2, 0) is 0 Å². The zero-order valence-corrected chi connectivity index (χ0v) is 37.9. The van der Waals surface area contributed by atoms with E-state index in [1.165, 1.54) is 25.1 Å². The van der Waals surface area contributed by atoms with Crippen LogP contribution in [0.25, 0.3) is 22.1 Å². The molecule has 3 amide bonds. The van der Waals surface area contributed by atoms with Crippen molar-refractivity contribution in [2.45, 2.75) is 82.3 Å². The zero-order valence-electron chi connectivity index (χ0n) is 37.9. The molecule has 19 heteroatoms. The molecule has 2 aliphatic heterocycles. The highest BCUT2D eigenvalue weighted by atomic mass is 16.4. The van der Waals surface area contributed by atoms with Crippen LogP contribution in [0.2, 0.25) is 0 Å². The number of pyridine rings is 2. The van der Waals surface area contributed by atoms with Gasteiger partial charge in [-0.3, -0.25) is 19.3 Å². The highest BCUT2D eigenvalue weighted by Gasteiger charge is 2.33. The number of anilines is 4. The molecule has 4 fully saturated rings. The molecule has 66 heavy (non-hydrogen) atoms. The van der Waals surface area contributed by atoms with E-state index in [4.69, 9.17) is 10.1 Å². The second-order valence-corrected chi connectivity index (χ2v) is 18.0. The lowest BCUT2D eigenvalue weighted by Gasteiger charge is -2.37. The Morgan fingerprint density at radius 3 is 1.53 bits per heavy atom. The van der Waals surface area contributed by atoms with Crippen molar-refractivity contribution >= 4 is 69.3 Å². The molecule has 0 bridgehead atoms. The predicted molar refractivity (Wildman–Crippen MR) is 249 cm³/mol. The lowest BCUT2D eigenvalue weighted by molar-refractivity contribution is 0.0570. The van der Waals surface area contributed by atoms with Crippen LogP contribution in [-0.4, -0.2) is 148 Å². The summed E-state index contributed by atoms with van der Waals surface area (Å²) in [7, 11) is 7.02. The summed E-state index contributed by atoms with van der Waals surface area (Å²) in [5.41, 5.74) is 3.43. The molecule has 10 rings (SSSR count). The molecule has 2 saturated heterocycles. The number of hydrogen-bond donors (Lipinski definition) is 3. The van der Waals surface area contributed by atoms with E-state index in [1.807, 2.05) is 27.7 Å². The van der Waals surface area contributed by atoms with Gasteiger partial charge in [0.05, 0.1) is 11.1 Å². The van der Waals surface area contributed by atoms with Gasteiger partial charge in [0.25, 0.3) is 17.7 Å². The molecule has 19 nitrogen and oxygen atoms in total. The molecular formula is C47H56N14O5. The average molecular weight is 897 g/mol. The van der Waals surface area contributed by atoms with E-state index in [9.17, 15) is 19.2 Å². The molecule has 1 unspecified atom stereocenters. The average Bonchev–Trinajstić information content (AvgIpc) is 4.19. The number of hydrogen-bond acceptors (Lipinski definition) is 13. The van der Waals surface area contributed by atoms with Crippen molar-refractivity contribution in [2.24, 2.45) is 0 Å².